The van der Waals surface area contributed by atoms with Crippen LogP contribution in [0.3, 0.4) is 0 Å². The van der Waals surface area contributed by atoms with Crippen LogP contribution >= 0.6 is 0 Å². The van der Waals surface area contributed by atoms with Gasteiger partial charge in [0.25, 0.3) is 11.8 Å². The van der Waals surface area contributed by atoms with Crippen LogP contribution in [0.5, 0.6) is 0 Å². The number of benzene rings is 3. The number of fused-ring (bicyclic) bond motifs is 1. The van der Waals surface area contributed by atoms with Crippen molar-refractivity contribution in [3.8, 4) is 22.5 Å². The zero-order valence-electron chi connectivity index (χ0n) is 24.3. The van der Waals surface area contributed by atoms with Gasteiger partial charge in [0.05, 0.1) is 29.9 Å². The number of pyridine rings is 1. The van der Waals surface area contributed by atoms with Crippen molar-refractivity contribution in [1.82, 2.24) is 15.6 Å². The second kappa shape index (κ2) is 12.1. The molecule has 2 aromatic heterocycles. The smallest absolute Gasteiger partial charge is 0.255 e. The first kappa shape index (κ1) is 29.6. The maximum atomic E-state index is 16.3. The Labute approximate surface area is 247 Å². The molecule has 3 aromatic carbocycles. The van der Waals surface area contributed by atoms with Crippen molar-refractivity contribution in [1.29, 1.82) is 0 Å². The minimum atomic E-state index is -0.747. The minimum absolute atomic E-state index is 0.00213. The van der Waals surface area contributed by atoms with E-state index in [9.17, 15) is 14.0 Å². The fourth-order valence-electron chi connectivity index (χ4n) is 5.08. The van der Waals surface area contributed by atoms with E-state index in [1.807, 2.05) is 32.9 Å². The van der Waals surface area contributed by atoms with Gasteiger partial charge in [-0.2, -0.15) is 0 Å². The minimum Gasteiger partial charge on any atom is -0.455 e. The summed E-state index contributed by atoms with van der Waals surface area (Å²) in [5, 5.41) is 5.58. The molecule has 0 bridgehead atoms. The summed E-state index contributed by atoms with van der Waals surface area (Å²) in [5.41, 5.74) is 2.30. The summed E-state index contributed by atoms with van der Waals surface area (Å²) >= 11 is 0. The number of aromatic nitrogens is 1. The molecule has 0 unspecified atom stereocenters. The predicted octanol–water partition coefficient (Wildman–Crippen LogP) is 6.79. The van der Waals surface area contributed by atoms with E-state index in [0.717, 1.165) is 5.56 Å². The molecule has 2 N–H and O–H groups in total. The maximum absolute atomic E-state index is 16.3. The lowest BCUT2D eigenvalue weighted by Gasteiger charge is -2.41. The molecule has 0 saturated carbocycles. The zero-order valence-corrected chi connectivity index (χ0v) is 24.3. The summed E-state index contributed by atoms with van der Waals surface area (Å²) in [4.78, 5) is 30.8. The van der Waals surface area contributed by atoms with Crippen molar-refractivity contribution >= 4 is 22.8 Å². The van der Waals surface area contributed by atoms with Gasteiger partial charge < -0.3 is 19.8 Å². The number of furan rings is 1. The van der Waals surface area contributed by atoms with Gasteiger partial charge in [0.2, 0.25) is 0 Å². The Hall–Kier alpha value is -4.89. The van der Waals surface area contributed by atoms with Gasteiger partial charge in [-0.3, -0.25) is 14.6 Å². The molecule has 5 aromatic rings. The van der Waals surface area contributed by atoms with E-state index in [4.69, 9.17) is 9.15 Å². The fraction of sp³-hybridized carbons (Fsp3) is 0.206. The number of rotatable bonds is 6. The second-order valence-corrected chi connectivity index (χ2v) is 9.97. The molecule has 7 nitrogen and oxygen atoms in total. The number of halogens is 2. The number of ether oxygens (including phenoxy) is 1. The molecule has 1 fully saturated rings. The van der Waals surface area contributed by atoms with Gasteiger partial charge in [0, 0.05) is 29.9 Å². The standard InChI is InChI=1S/C32H25F2N3O4.C2H6/c1-18-6-7-20(30(38)37-32(16-40-17-32)25-5-3-4-14-36-25)15-23(18)22-12-13-24-26(28(22)34)27(31(39)35-2)29(41-24)19-8-10-21(33)11-9-19;1-2/h3-15H,16-17H2,1-2H3,(H,35,39)(H,37,38);1-2H3. The van der Waals surface area contributed by atoms with E-state index >= 15 is 4.39 Å². The van der Waals surface area contributed by atoms with Crippen LogP contribution in [0.4, 0.5) is 8.78 Å². The molecule has 9 heteroatoms. The van der Waals surface area contributed by atoms with Crippen LogP contribution in [0.25, 0.3) is 33.4 Å². The SMILES string of the molecule is CC.CNC(=O)c1c(-c2ccc(F)cc2)oc2ccc(-c3cc(C(=O)NC4(c5ccccn5)COC4)ccc3C)c(F)c12. The number of aryl methyl sites for hydroxylation is 1. The van der Waals surface area contributed by atoms with E-state index in [1.165, 1.54) is 31.3 Å². The van der Waals surface area contributed by atoms with Crippen molar-refractivity contribution in [2.45, 2.75) is 26.3 Å². The highest BCUT2D eigenvalue weighted by atomic mass is 19.1. The Morgan fingerprint density at radius 3 is 2.28 bits per heavy atom. The number of nitrogens with one attached hydrogen (secondary N) is 2. The first-order valence-corrected chi connectivity index (χ1v) is 14.0. The van der Waals surface area contributed by atoms with Crippen molar-refractivity contribution in [3.05, 3.63) is 113 Å². The Balaban J connectivity index is 0.00000180. The van der Waals surface area contributed by atoms with E-state index in [2.05, 4.69) is 15.6 Å². The van der Waals surface area contributed by atoms with Gasteiger partial charge in [0.15, 0.2) is 0 Å². The summed E-state index contributed by atoms with van der Waals surface area (Å²) in [6.07, 6.45) is 1.66. The lowest BCUT2D eigenvalue weighted by molar-refractivity contribution is -0.0755. The van der Waals surface area contributed by atoms with E-state index in [1.54, 1.807) is 42.6 Å². The lowest BCUT2D eigenvalue weighted by Crippen LogP contribution is -2.59. The van der Waals surface area contributed by atoms with Crippen LogP contribution in [0.2, 0.25) is 0 Å². The number of amides is 2. The monoisotopic (exact) mass is 583 g/mol. The Morgan fingerprint density at radius 1 is 0.907 bits per heavy atom. The van der Waals surface area contributed by atoms with Crippen molar-refractivity contribution in [2.75, 3.05) is 20.3 Å². The van der Waals surface area contributed by atoms with E-state index in [-0.39, 0.29) is 33.8 Å². The second-order valence-electron chi connectivity index (χ2n) is 9.97. The molecule has 1 aliphatic rings. The van der Waals surface area contributed by atoms with Gasteiger partial charge in [-0.05, 0) is 78.7 Å². The Morgan fingerprint density at radius 2 is 1.65 bits per heavy atom. The quantitative estimate of drug-likeness (QED) is 0.230. The molecular weight excluding hydrogens is 552 g/mol. The van der Waals surface area contributed by atoms with E-state index in [0.29, 0.717) is 35.6 Å². The predicted molar refractivity (Wildman–Crippen MR) is 161 cm³/mol. The lowest BCUT2D eigenvalue weighted by atomic mass is 9.91. The Bertz CT molecular complexity index is 1800. The third-order valence-corrected chi connectivity index (χ3v) is 7.35. The Kier molecular flexibility index (Phi) is 8.36. The van der Waals surface area contributed by atoms with Gasteiger partial charge in [-0.15, -0.1) is 0 Å². The van der Waals surface area contributed by atoms with Crippen molar-refractivity contribution < 1.29 is 27.5 Å². The highest BCUT2D eigenvalue weighted by Gasteiger charge is 2.43. The van der Waals surface area contributed by atoms with Crippen LogP contribution in [0.15, 0.2) is 83.4 Å². The van der Waals surface area contributed by atoms with Crippen LogP contribution < -0.4 is 10.6 Å². The molecule has 1 aliphatic heterocycles. The first-order chi connectivity index (χ1) is 20.8. The third-order valence-electron chi connectivity index (χ3n) is 7.35. The molecule has 3 heterocycles. The van der Waals surface area contributed by atoms with Gasteiger partial charge in [0.1, 0.15) is 28.5 Å². The first-order valence-electron chi connectivity index (χ1n) is 14.0. The summed E-state index contributed by atoms with van der Waals surface area (Å²) in [7, 11) is 1.44. The number of hydrogen-bond acceptors (Lipinski definition) is 5. The molecular formula is C34H31F2N3O4. The molecule has 1 saturated heterocycles. The largest absolute Gasteiger partial charge is 0.455 e. The number of nitrogens with zero attached hydrogens (tertiary/aromatic N) is 1. The highest BCUT2D eigenvalue weighted by molar-refractivity contribution is 6.12. The van der Waals surface area contributed by atoms with E-state index < -0.39 is 23.1 Å². The molecule has 0 aliphatic carbocycles. The van der Waals surface area contributed by atoms with Crippen LogP contribution in [0.1, 0.15) is 45.8 Å². The zero-order chi connectivity index (χ0) is 30.7. The molecule has 2 amide bonds. The summed E-state index contributed by atoms with van der Waals surface area (Å²) in [6.45, 7) is 6.40. The molecule has 0 radical (unpaired) electrons. The summed E-state index contributed by atoms with van der Waals surface area (Å²) < 4.78 is 41.2. The highest BCUT2D eigenvalue weighted by Crippen LogP contribution is 2.39. The molecule has 6 rings (SSSR count). The van der Waals surface area contributed by atoms with Gasteiger partial charge >= 0.3 is 0 Å². The maximum Gasteiger partial charge on any atom is 0.255 e. The summed E-state index contributed by atoms with van der Waals surface area (Å²) in [5.74, 6) is -1.89. The number of hydrogen-bond donors (Lipinski definition) is 2. The average Bonchev–Trinajstić information content (AvgIpc) is 3.41. The number of carbonyl (C=O) groups is 2. The van der Waals surface area contributed by atoms with Gasteiger partial charge in [-0.1, -0.05) is 26.0 Å². The molecule has 43 heavy (non-hydrogen) atoms. The normalized spacial score (nSPS) is 13.4. The van der Waals surface area contributed by atoms with Crippen LogP contribution in [-0.4, -0.2) is 37.1 Å². The van der Waals surface area contributed by atoms with Crippen LogP contribution in [0, 0.1) is 18.6 Å². The average molecular weight is 584 g/mol. The summed E-state index contributed by atoms with van der Waals surface area (Å²) in [6, 6.07) is 19.1. The van der Waals surface area contributed by atoms with Gasteiger partial charge in [-0.25, -0.2) is 8.78 Å². The van der Waals surface area contributed by atoms with Crippen LogP contribution in [-0.2, 0) is 10.3 Å². The molecule has 220 valence electrons. The van der Waals surface area contributed by atoms with Crippen molar-refractivity contribution in [2.24, 2.45) is 0 Å². The molecule has 0 spiro atoms. The van der Waals surface area contributed by atoms with Crippen molar-refractivity contribution in [3.63, 3.8) is 0 Å². The topological polar surface area (TPSA) is 93.5 Å². The molecule has 0 atom stereocenters. The fourth-order valence-corrected chi connectivity index (χ4v) is 5.08. The third kappa shape index (κ3) is 5.39. The number of carbonyl (C=O) groups excluding carboxylic acids is 2.